The maximum Gasteiger partial charge on any atom is 0.328 e. The van der Waals surface area contributed by atoms with Crippen LogP contribution >= 0.6 is 0 Å². The Morgan fingerprint density at radius 1 is 1.43 bits per heavy atom. The van der Waals surface area contributed by atoms with Crippen molar-refractivity contribution in [3.05, 3.63) is 0 Å². The molecular weight excluding hydrogens is 276 g/mol. The Morgan fingerprint density at radius 3 is 2.76 bits per heavy atom. The van der Waals surface area contributed by atoms with Crippen LogP contribution in [0, 0.1) is 5.92 Å². The summed E-state index contributed by atoms with van der Waals surface area (Å²) in [6, 6.07) is -0.785. The molecule has 1 rings (SSSR count). The summed E-state index contributed by atoms with van der Waals surface area (Å²) in [6.07, 6.45) is 2.01. The topological polar surface area (TPSA) is 95.9 Å². The number of hydrogen-bond donors (Lipinski definition) is 2. The second-order valence-electron chi connectivity index (χ2n) is 5.33. The van der Waals surface area contributed by atoms with E-state index in [0.717, 1.165) is 6.42 Å². The van der Waals surface area contributed by atoms with E-state index in [0.29, 0.717) is 32.5 Å². The lowest BCUT2D eigenvalue weighted by Crippen LogP contribution is -2.47. The van der Waals surface area contributed by atoms with E-state index in [1.54, 1.807) is 6.92 Å². The summed E-state index contributed by atoms with van der Waals surface area (Å²) >= 11 is 0. The Hall–Kier alpha value is -1.79. The van der Waals surface area contributed by atoms with Gasteiger partial charge in [0.15, 0.2) is 0 Å². The smallest absolute Gasteiger partial charge is 0.328 e. The van der Waals surface area contributed by atoms with Gasteiger partial charge in [-0.1, -0.05) is 6.92 Å². The van der Waals surface area contributed by atoms with Crippen LogP contribution in [0.3, 0.4) is 0 Å². The van der Waals surface area contributed by atoms with E-state index in [-0.39, 0.29) is 24.3 Å². The van der Waals surface area contributed by atoms with Crippen LogP contribution in [0.25, 0.3) is 0 Å². The number of carbonyl (C=O) groups is 3. The second kappa shape index (κ2) is 8.49. The quantitative estimate of drug-likeness (QED) is 0.689. The highest BCUT2D eigenvalue weighted by Gasteiger charge is 2.35. The number of ether oxygens (including phenoxy) is 1. The minimum Gasteiger partial charge on any atom is -0.481 e. The highest BCUT2D eigenvalue weighted by atomic mass is 16.5. The zero-order valence-electron chi connectivity index (χ0n) is 12.6. The van der Waals surface area contributed by atoms with Crippen LogP contribution in [0.1, 0.15) is 39.5 Å². The number of nitrogens with one attached hydrogen (secondary N) is 1. The number of carboxylic acid groups (broad SMARTS) is 1. The molecule has 1 aliphatic rings. The Kier molecular flexibility index (Phi) is 6.98. The van der Waals surface area contributed by atoms with Gasteiger partial charge in [0.2, 0.25) is 0 Å². The van der Waals surface area contributed by atoms with Crippen molar-refractivity contribution >= 4 is 18.0 Å². The summed E-state index contributed by atoms with van der Waals surface area (Å²) in [5.41, 5.74) is 0. The number of carbonyl (C=O) groups excluding carboxylic acids is 2. The molecule has 0 spiro atoms. The first-order valence-electron chi connectivity index (χ1n) is 7.38. The van der Waals surface area contributed by atoms with Crippen molar-refractivity contribution in [2.45, 2.75) is 45.6 Å². The molecule has 7 nitrogen and oxygen atoms in total. The summed E-state index contributed by atoms with van der Waals surface area (Å²) in [5, 5.41) is 11.4. The molecule has 1 heterocycles. The molecule has 0 aromatic carbocycles. The number of amides is 2. The summed E-state index contributed by atoms with van der Waals surface area (Å²) in [7, 11) is 0. The minimum absolute atomic E-state index is 0.0775. The van der Waals surface area contributed by atoms with E-state index in [9.17, 15) is 14.4 Å². The van der Waals surface area contributed by atoms with Gasteiger partial charge in [-0.3, -0.25) is 4.79 Å². The summed E-state index contributed by atoms with van der Waals surface area (Å²) in [4.78, 5) is 35.8. The van der Waals surface area contributed by atoms with Crippen molar-refractivity contribution in [1.82, 2.24) is 10.2 Å². The maximum absolute atomic E-state index is 12.1. The molecule has 1 aliphatic heterocycles. The third kappa shape index (κ3) is 5.61. The zero-order valence-corrected chi connectivity index (χ0v) is 12.6. The SMILES string of the molecule is CCOC(=O)C1CCCN1C(=O)NCC(C)CCC(=O)O. The number of nitrogens with zero attached hydrogens (tertiary/aromatic N) is 1. The molecular formula is C14H24N2O5. The molecule has 0 saturated carbocycles. The van der Waals surface area contributed by atoms with Crippen LogP contribution in [-0.4, -0.2) is 53.7 Å². The molecule has 0 aliphatic carbocycles. The number of esters is 1. The molecule has 0 aromatic heterocycles. The fourth-order valence-corrected chi connectivity index (χ4v) is 2.33. The molecule has 1 saturated heterocycles. The summed E-state index contributed by atoms with van der Waals surface area (Å²) < 4.78 is 4.97. The fourth-order valence-electron chi connectivity index (χ4n) is 2.33. The molecule has 1 fully saturated rings. The molecule has 2 N–H and O–H groups in total. The lowest BCUT2D eigenvalue weighted by Gasteiger charge is -2.24. The normalized spacial score (nSPS) is 19.1. The predicted octanol–water partition coefficient (Wildman–Crippen LogP) is 1.22. The maximum atomic E-state index is 12.1. The van der Waals surface area contributed by atoms with Crippen molar-refractivity contribution in [3.63, 3.8) is 0 Å². The highest BCUT2D eigenvalue weighted by Crippen LogP contribution is 2.18. The van der Waals surface area contributed by atoms with Crippen LogP contribution in [-0.2, 0) is 14.3 Å². The molecule has 2 unspecified atom stereocenters. The first-order valence-corrected chi connectivity index (χ1v) is 7.38. The van der Waals surface area contributed by atoms with Gasteiger partial charge in [0.25, 0.3) is 0 Å². The molecule has 7 heteroatoms. The third-order valence-electron chi connectivity index (χ3n) is 3.53. The van der Waals surface area contributed by atoms with E-state index in [1.807, 2.05) is 6.92 Å². The van der Waals surface area contributed by atoms with Crippen molar-refractivity contribution in [2.75, 3.05) is 19.7 Å². The van der Waals surface area contributed by atoms with Gasteiger partial charge in [-0.15, -0.1) is 0 Å². The number of likely N-dealkylation sites (tertiary alicyclic amines) is 1. The molecule has 120 valence electrons. The van der Waals surface area contributed by atoms with Gasteiger partial charge in [-0.05, 0) is 32.1 Å². The summed E-state index contributed by atoms with van der Waals surface area (Å²) in [5.74, 6) is -1.12. The van der Waals surface area contributed by atoms with E-state index >= 15 is 0 Å². The first kappa shape index (κ1) is 17.3. The molecule has 21 heavy (non-hydrogen) atoms. The van der Waals surface area contributed by atoms with Crippen molar-refractivity contribution in [2.24, 2.45) is 5.92 Å². The number of carboxylic acids is 1. The Balaban J connectivity index is 2.40. The van der Waals surface area contributed by atoms with Crippen molar-refractivity contribution < 1.29 is 24.2 Å². The van der Waals surface area contributed by atoms with Gasteiger partial charge in [0.05, 0.1) is 6.61 Å². The molecule has 0 aromatic rings. The number of rotatable bonds is 7. The first-order chi connectivity index (χ1) is 9.95. The van der Waals surface area contributed by atoms with Gasteiger partial charge in [0, 0.05) is 19.5 Å². The highest BCUT2D eigenvalue weighted by molar-refractivity contribution is 5.84. The van der Waals surface area contributed by atoms with Crippen LogP contribution < -0.4 is 5.32 Å². The Bertz CT molecular complexity index is 386. The fraction of sp³-hybridized carbons (Fsp3) is 0.786. The van der Waals surface area contributed by atoms with Crippen LogP contribution in [0.15, 0.2) is 0 Å². The minimum atomic E-state index is -0.838. The third-order valence-corrected chi connectivity index (χ3v) is 3.53. The second-order valence-corrected chi connectivity index (χ2v) is 5.33. The van der Waals surface area contributed by atoms with Crippen LogP contribution in [0.5, 0.6) is 0 Å². The zero-order chi connectivity index (χ0) is 15.8. The van der Waals surface area contributed by atoms with E-state index < -0.39 is 12.0 Å². The number of aliphatic carboxylic acids is 1. The predicted molar refractivity (Wildman–Crippen MR) is 75.8 cm³/mol. The molecule has 0 radical (unpaired) electrons. The van der Waals surface area contributed by atoms with Gasteiger partial charge in [-0.2, -0.15) is 0 Å². The lowest BCUT2D eigenvalue weighted by molar-refractivity contribution is -0.147. The van der Waals surface area contributed by atoms with E-state index in [4.69, 9.17) is 9.84 Å². The van der Waals surface area contributed by atoms with Gasteiger partial charge in [0.1, 0.15) is 6.04 Å². The molecule has 0 bridgehead atoms. The average Bonchev–Trinajstić information content (AvgIpc) is 2.92. The Labute approximate surface area is 124 Å². The lowest BCUT2D eigenvalue weighted by atomic mass is 10.1. The van der Waals surface area contributed by atoms with E-state index in [1.165, 1.54) is 4.90 Å². The summed E-state index contributed by atoms with van der Waals surface area (Å²) in [6.45, 7) is 4.87. The largest absolute Gasteiger partial charge is 0.481 e. The number of hydrogen-bond acceptors (Lipinski definition) is 4. The Morgan fingerprint density at radius 2 is 2.14 bits per heavy atom. The van der Waals surface area contributed by atoms with Gasteiger partial charge in [-0.25, -0.2) is 9.59 Å². The van der Waals surface area contributed by atoms with Crippen LogP contribution in [0.2, 0.25) is 0 Å². The number of urea groups is 1. The average molecular weight is 300 g/mol. The molecule has 2 atom stereocenters. The van der Waals surface area contributed by atoms with Gasteiger partial charge < -0.3 is 20.1 Å². The van der Waals surface area contributed by atoms with E-state index in [2.05, 4.69) is 5.32 Å². The van der Waals surface area contributed by atoms with Gasteiger partial charge >= 0.3 is 18.0 Å². The monoisotopic (exact) mass is 300 g/mol. The van der Waals surface area contributed by atoms with Crippen molar-refractivity contribution in [1.29, 1.82) is 0 Å². The van der Waals surface area contributed by atoms with Crippen molar-refractivity contribution in [3.8, 4) is 0 Å². The van der Waals surface area contributed by atoms with Crippen LogP contribution in [0.4, 0.5) is 4.79 Å². The standard InChI is InChI=1S/C14H24N2O5/c1-3-21-13(19)11-5-4-8-16(11)14(20)15-9-10(2)6-7-12(17)18/h10-11H,3-9H2,1-2H3,(H,15,20)(H,17,18). The molecule has 2 amide bonds.